The highest BCUT2D eigenvalue weighted by molar-refractivity contribution is 6.14. The van der Waals surface area contributed by atoms with Crippen LogP contribution in [0.2, 0.25) is 0 Å². The smallest absolute Gasteiger partial charge is 0.264 e. The number of fused-ring (bicyclic) bond motifs is 10. The Bertz CT molecular complexity index is 2440. The lowest BCUT2D eigenvalue weighted by Gasteiger charge is -2.27. The summed E-state index contributed by atoms with van der Waals surface area (Å²) < 4.78 is 115. The normalized spacial score (nSPS) is 13.6. The molecule has 2 aromatic heterocycles. The predicted molar refractivity (Wildman–Crippen MR) is 142 cm³/mol. The predicted octanol–water partition coefficient (Wildman–Crippen LogP) is 7.16. The molecule has 2 aliphatic rings. The van der Waals surface area contributed by atoms with E-state index in [1.54, 1.807) is 26.0 Å². The van der Waals surface area contributed by atoms with Crippen molar-refractivity contribution < 1.29 is 44.7 Å². The van der Waals surface area contributed by atoms with E-state index in [0.717, 1.165) is 0 Å². The summed E-state index contributed by atoms with van der Waals surface area (Å²) in [6.45, 7) is 3.50. The maximum Gasteiger partial charge on any atom is 0.264 e. The van der Waals surface area contributed by atoms with Crippen molar-refractivity contribution in [1.82, 2.24) is 19.1 Å². The molecule has 0 bridgehead atoms. The van der Waals surface area contributed by atoms with Crippen molar-refractivity contribution in [3.8, 4) is 22.8 Å². The van der Waals surface area contributed by atoms with Gasteiger partial charge in [0.2, 0.25) is 0 Å². The van der Waals surface area contributed by atoms with Gasteiger partial charge in [0.25, 0.3) is 11.8 Å². The van der Waals surface area contributed by atoms with Crippen LogP contribution >= 0.6 is 0 Å². The molecule has 0 N–H and O–H groups in total. The van der Waals surface area contributed by atoms with E-state index in [1.165, 1.54) is 24.3 Å². The number of imidazole rings is 2. The Kier molecular flexibility index (Phi) is 5.07. The topological polar surface area (TPSA) is 69.8 Å². The van der Waals surface area contributed by atoms with Crippen LogP contribution in [-0.2, 0) is 5.41 Å². The van der Waals surface area contributed by atoms with Crippen LogP contribution in [0.5, 0.6) is 0 Å². The van der Waals surface area contributed by atoms with Gasteiger partial charge in [-0.05, 0) is 29.3 Å². The molecule has 0 saturated carbocycles. The fourth-order valence-electron chi connectivity index (χ4n) is 6.13. The molecule has 4 aromatic carbocycles. The molecule has 4 heterocycles. The number of aromatic nitrogens is 4. The number of carbonyl (C=O) groups excluding carboxylic acids is 2. The molecule has 0 atom stereocenters. The third-order valence-corrected chi connectivity index (χ3v) is 8.57. The van der Waals surface area contributed by atoms with Crippen molar-refractivity contribution in [1.29, 1.82) is 0 Å². The van der Waals surface area contributed by atoms with E-state index in [-0.39, 0.29) is 33.9 Å². The van der Waals surface area contributed by atoms with Crippen LogP contribution in [0.15, 0.2) is 36.4 Å². The van der Waals surface area contributed by atoms with Gasteiger partial charge < -0.3 is 0 Å². The van der Waals surface area contributed by atoms with Crippen molar-refractivity contribution in [2.45, 2.75) is 19.3 Å². The molecular formula is C31H12F8N4O2. The molecule has 2 aliphatic heterocycles. The van der Waals surface area contributed by atoms with Gasteiger partial charge in [-0.25, -0.2) is 45.1 Å². The number of benzene rings is 4. The zero-order valence-electron chi connectivity index (χ0n) is 22.6. The molecule has 0 unspecified atom stereocenters. The lowest BCUT2D eigenvalue weighted by Crippen LogP contribution is -2.20. The Morgan fingerprint density at radius 2 is 0.911 bits per heavy atom. The first kappa shape index (κ1) is 27.2. The van der Waals surface area contributed by atoms with Crippen molar-refractivity contribution in [2.24, 2.45) is 0 Å². The van der Waals surface area contributed by atoms with Gasteiger partial charge in [-0.3, -0.25) is 18.7 Å². The average molecular weight is 624 g/mol. The summed E-state index contributed by atoms with van der Waals surface area (Å²) in [5, 5.41) is 0. The molecule has 0 saturated heterocycles. The fourth-order valence-corrected chi connectivity index (χ4v) is 6.13. The van der Waals surface area contributed by atoms with E-state index >= 15 is 0 Å². The Hall–Kier alpha value is -5.40. The molecule has 6 aromatic rings. The number of rotatable bonds is 2. The summed E-state index contributed by atoms with van der Waals surface area (Å²) >= 11 is 0. The molecule has 0 fully saturated rings. The first-order chi connectivity index (χ1) is 21.2. The van der Waals surface area contributed by atoms with Gasteiger partial charge in [0, 0.05) is 16.5 Å². The molecule has 8 rings (SSSR count). The number of halogens is 8. The van der Waals surface area contributed by atoms with Crippen LogP contribution < -0.4 is 0 Å². The third-order valence-electron chi connectivity index (χ3n) is 8.57. The molecule has 45 heavy (non-hydrogen) atoms. The molecule has 0 radical (unpaired) electrons. The first-order valence-corrected chi connectivity index (χ1v) is 13.1. The second-order valence-corrected chi connectivity index (χ2v) is 11.2. The molecule has 0 aliphatic carbocycles. The maximum absolute atomic E-state index is 14.7. The van der Waals surface area contributed by atoms with Gasteiger partial charge >= 0.3 is 0 Å². The van der Waals surface area contributed by atoms with Crippen LogP contribution in [0.4, 0.5) is 35.1 Å². The van der Waals surface area contributed by atoms with Gasteiger partial charge in [0.1, 0.15) is 33.7 Å². The van der Waals surface area contributed by atoms with Gasteiger partial charge in [0.15, 0.2) is 46.5 Å². The number of nitrogens with zero attached hydrogens (tertiary/aromatic N) is 4. The first-order valence-electron chi connectivity index (χ1n) is 13.1. The van der Waals surface area contributed by atoms with Crippen LogP contribution in [0.1, 0.15) is 45.7 Å². The second kappa shape index (κ2) is 8.40. The van der Waals surface area contributed by atoms with Gasteiger partial charge in [-0.15, -0.1) is 0 Å². The highest BCUT2D eigenvalue weighted by atomic mass is 19.2. The van der Waals surface area contributed by atoms with E-state index < -0.39 is 85.8 Å². The molecule has 224 valence electrons. The zero-order chi connectivity index (χ0) is 32.0. The van der Waals surface area contributed by atoms with Crippen molar-refractivity contribution in [3.05, 3.63) is 105 Å². The van der Waals surface area contributed by atoms with Crippen LogP contribution in [0.25, 0.3) is 44.8 Å². The highest BCUT2D eigenvalue weighted by Gasteiger charge is 2.39. The monoisotopic (exact) mass is 624 g/mol. The van der Waals surface area contributed by atoms with Crippen molar-refractivity contribution >= 4 is 33.9 Å². The minimum atomic E-state index is -2.09. The fraction of sp³-hybridized carbons (Fsp3) is 0.0968. The van der Waals surface area contributed by atoms with E-state index in [9.17, 15) is 44.7 Å². The SMILES string of the molecule is CC(C)(c1ccc2c(c1)C(=O)n1c-2nc2c(F)c(F)c(F)c(F)c21)c1ccc2c(c1)-c1nc3c(F)c(F)c(F)c(F)c3n1C2=O. The molecule has 0 spiro atoms. The van der Waals surface area contributed by atoms with Crippen LogP contribution in [0.3, 0.4) is 0 Å². The Morgan fingerprint density at radius 3 is 1.42 bits per heavy atom. The van der Waals surface area contributed by atoms with Crippen LogP contribution in [-0.4, -0.2) is 30.9 Å². The molecule has 6 nitrogen and oxygen atoms in total. The molecule has 14 heteroatoms. The summed E-state index contributed by atoms with van der Waals surface area (Å²) in [6, 6.07) is 9.03. The average Bonchev–Trinajstić information content (AvgIpc) is 3.76. The molecule has 0 amide bonds. The quantitative estimate of drug-likeness (QED) is 0.116. The lowest BCUT2D eigenvalue weighted by atomic mass is 9.76. The van der Waals surface area contributed by atoms with E-state index in [1.807, 2.05) is 0 Å². The summed E-state index contributed by atoms with van der Waals surface area (Å²) in [6.07, 6.45) is 0. The summed E-state index contributed by atoms with van der Waals surface area (Å²) in [5.74, 6) is -17.4. The third kappa shape index (κ3) is 3.13. The van der Waals surface area contributed by atoms with Gasteiger partial charge in [-0.2, -0.15) is 0 Å². The summed E-state index contributed by atoms with van der Waals surface area (Å²) in [7, 11) is 0. The second-order valence-electron chi connectivity index (χ2n) is 11.2. The van der Waals surface area contributed by atoms with E-state index in [2.05, 4.69) is 9.97 Å². The van der Waals surface area contributed by atoms with E-state index in [0.29, 0.717) is 20.3 Å². The standard InChI is InChI=1S/C31H12F8N4O2/c1-31(2,9-4-6-12-13(7-9)28-41-24-20(37)16(33)18(35)22(39)26(24)43(28)29(12)44)10-3-5-11-14(8-10)30(45)42-25-21(38)17(34)15(32)19(36)23(25)40-27(11)42/h3-8H,1-2H3. The Labute approximate surface area is 245 Å². The maximum atomic E-state index is 14.7. The number of hydrogen-bond donors (Lipinski definition) is 0. The summed E-state index contributed by atoms with van der Waals surface area (Å²) in [5.41, 5.74) is -2.96. The Morgan fingerprint density at radius 1 is 0.511 bits per heavy atom. The van der Waals surface area contributed by atoms with Crippen LogP contribution in [0, 0.1) is 46.5 Å². The minimum absolute atomic E-state index is 0.0163. The van der Waals surface area contributed by atoms with Crippen molar-refractivity contribution in [2.75, 3.05) is 0 Å². The number of hydrogen-bond acceptors (Lipinski definition) is 4. The largest absolute Gasteiger partial charge is 0.268 e. The minimum Gasteiger partial charge on any atom is -0.268 e. The van der Waals surface area contributed by atoms with Gasteiger partial charge in [0.05, 0.1) is 11.1 Å². The zero-order valence-corrected chi connectivity index (χ0v) is 22.6. The van der Waals surface area contributed by atoms with Crippen molar-refractivity contribution in [3.63, 3.8) is 0 Å². The highest BCUT2D eigenvalue weighted by Crippen LogP contribution is 2.43. The van der Waals surface area contributed by atoms with Gasteiger partial charge in [-0.1, -0.05) is 32.0 Å². The number of carbonyl (C=O) groups is 2. The summed E-state index contributed by atoms with van der Waals surface area (Å²) in [4.78, 5) is 34.4. The van der Waals surface area contributed by atoms with E-state index in [4.69, 9.17) is 0 Å². The lowest BCUT2D eigenvalue weighted by molar-refractivity contribution is 0.0964. The Balaban J connectivity index is 1.25. The molecular weight excluding hydrogens is 612 g/mol.